The Labute approximate surface area is 120 Å². The van der Waals surface area contributed by atoms with Crippen LogP contribution >= 0.6 is 15.9 Å². The maximum Gasteiger partial charge on any atom is 0.281 e. The SMILES string of the molecule is Cc1ccc(NS(=O)(=O)c2c(Br)nnn2C)c(C)c1. The van der Waals surface area contributed by atoms with Crippen LogP contribution in [-0.4, -0.2) is 23.4 Å². The fraction of sp³-hybridized carbons (Fsp3) is 0.273. The Hall–Kier alpha value is -1.41. The van der Waals surface area contributed by atoms with Crippen molar-refractivity contribution in [1.29, 1.82) is 0 Å². The fourth-order valence-electron chi connectivity index (χ4n) is 1.73. The highest BCUT2D eigenvalue weighted by molar-refractivity contribution is 9.10. The summed E-state index contributed by atoms with van der Waals surface area (Å²) in [6.07, 6.45) is 0. The minimum absolute atomic E-state index is 0.00697. The molecular weight excluding hydrogens is 332 g/mol. The minimum Gasteiger partial charge on any atom is -0.278 e. The number of benzene rings is 1. The van der Waals surface area contributed by atoms with Crippen molar-refractivity contribution in [2.75, 3.05) is 4.72 Å². The molecule has 0 unspecified atom stereocenters. The molecule has 0 saturated carbocycles. The molecule has 0 fully saturated rings. The highest BCUT2D eigenvalue weighted by atomic mass is 79.9. The van der Waals surface area contributed by atoms with Crippen LogP contribution in [0.2, 0.25) is 0 Å². The lowest BCUT2D eigenvalue weighted by molar-refractivity contribution is 0.578. The lowest BCUT2D eigenvalue weighted by atomic mass is 10.1. The molecule has 0 atom stereocenters. The number of aromatic nitrogens is 3. The number of hydrogen-bond donors (Lipinski definition) is 1. The number of halogens is 1. The molecule has 2 aromatic rings. The quantitative estimate of drug-likeness (QED) is 0.923. The van der Waals surface area contributed by atoms with Crippen molar-refractivity contribution >= 4 is 31.6 Å². The number of sulfonamides is 1. The second-order valence-corrected chi connectivity index (χ2v) is 6.58. The van der Waals surface area contributed by atoms with E-state index in [1.54, 1.807) is 6.07 Å². The predicted molar refractivity (Wildman–Crippen MR) is 75.4 cm³/mol. The maximum atomic E-state index is 12.3. The van der Waals surface area contributed by atoms with Gasteiger partial charge in [0.2, 0.25) is 5.03 Å². The van der Waals surface area contributed by atoms with Gasteiger partial charge in [-0.15, -0.1) is 5.10 Å². The van der Waals surface area contributed by atoms with Crippen molar-refractivity contribution < 1.29 is 8.42 Å². The Morgan fingerprint density at radius 3 is 2.53 bits per heavy atom. The van der Waals surface area contributed by atoms with Gasteiger partial charge < -0.3 is 0 Å². The van der Waals surface area contributed by atoms with E-state index in [2.05, 4.69) is 31.0 Å². The summed E-state index contributed by atoms with van der Waals surface area (Å²) in [6, 6.07) is 5.50. The molecular formula is C11H13BrN4O2S. The highest BCUT2D eigenvalue weighted by Crippen LogP contribution is 2.23. The molecule has 102 valence electrons. The second kappa shape index (κ2) is 4.93. The third-order valence-corrected chi connectivity index (χ3v) is 4.87. The predicted octanol–water partition coefficient (Wildman–Crippen LogP) is 2.00. The second-order valence-electron chi connectivity index (χ2n) is 4.23. The van der Waals surface area contributed by atoms with E-state index in [0.717, 1.165) is 11.1 Å². The maximum absolute atomic E-state index is 12.3. The van der Waals surface area contributed by atoms with E-state index in [0.29, 0.717) is 5.69 Å². The van der Waals surface area contributed by atoms with Crippen LogP contribution in [0.5, 0.6) is 0 Å². The van der Waals surface area contributed by atoms with Gasteiger partial charge in [-0.05, 0) is 41.4 Å². The summed E-state index contributed by atoms with van der Waals surface area (Å²) in [6.45, 7) is 3.80. The molecule has 8 heteroatoms. The molecule has 0 aliphatic rings. The average Bonchev–Trinajstić information content (AvgIpc) is 2.63. The summed E-state index contributed by atoms with van der Waals surface area (Å²) in [5, 5.41) is 7.33. The van der Waals surface area contributed by atoms with Crippen LogP contribution in [0.15, 0.2) is 27.8 Å². The third-order valence-electron chi connectivity index (χ3n) is 2.62. The topological polar surface area (TPSA) is 76.9 Å². The van der Waals surface area contributed by atoms with Gasteiger partial charge in [-0.2, -0.15) is 8.42 Å². The van der Waals surface area contributed by atoms with E-state index in [9.17, 15) is 8.42 Å². The van der Waals surface area contributed by atoms with Crippen LogP contribution in [0.1, 0.15) is 11.1 Å². The normalized spacial score (nSPS) is 11.6. The van der Waals surface area contributed by atoms with Crippen molar-refractivity contribution in [1.82, 2.24) is 15.0 Å². The van der Waals surface area contributed by atoms with E-state index in [1.165, 1.54) is 11.7 Å². The van der Waals surface area contributed by atoms with Crippen molar-refractivity contribution in [2.45, 2.75) is 18.9 Å². The molecule has 0 aliphatic heterocycles. The Morgan fingerprint density at radius 1 is 1.32 bits per heavy atom. The molecule has 1 N–H and O–H groups in total. The third kappa shape index (κ3) is 2.79. The molecule has 0 radical (unpaired) electrons. The summed E-state index contributed by atoms with van der Waals surface area (Å²) < 4.78 is 28.5. The number of nitrogens with zero attached hydrogens (tertiary/aromatic N) is 3. The zero-order valence-electron chi connectivity index (χ0n) is 10.7. The molecule has 0 spiro atoms. The number of rotatable bonds is 3. The first-order valence-corrected chi connectivity index (χ1v) is 7.74. The summed E-state index contributed by atoms with van der Waals surface area (Å²) in [5.41, 5.74) is 2.47. The summed E-state index contributed by atoms with van der Waals surface area (Å²) in [7, 11) is -2.20. The van der Waals surface area contributed by atoms with Gasteiger partial charge in [0.25, 0.3) is 10.0 Å². The van der Waals surface area contributed by atoms with Gasteiger partial charge >= 0.3 is 0 Å². The first kappa shape index (κ1) is 14.0. The largest absolute Gasteiger partial charge is 0.281 e. The first-order chi connectivity index (χ1) is 8.81. The van der Waals surface area contributed by atoms with E-state index >= 15 is 0 Å². The number of anilines is 1. The minimum atomic E-state index is -3.73. The zero-order chi connectivity index (χ0) is 14.2. The summed E-state index contributed by atoms with van der Waals surface area (Å²) >= 11 is 3.08. The molecule has 6 nitrogen and oxygen atoms in total. The smallest absolute Gasteiger partial charge is 0.278 e. The molecule has 0 amide bonds. The summed E-state index contributed by atoms with van der Waals surface area (Å²) in [5.74, 6) is 0. The van der Waals surface area contributed by atoms with Gasteiger partial charge in [-0.25, -0.2) is 4.68 Å². The van der Waals surface area contributed by atoms with Gasteiger partial charge in [0, 0.05) is 7.05 Å². The molecule has 0 saturated heterocycles. The first-order valence-electron chi connectivity index (χ1n) is 5.46. The van der Waals surface area contributed by atoms with Crippen molar-refractivity contribution in [3.8, 4) is 0 Å². The Kier molecular flexibility index (Phi) is 3.64. The van der Waals surface area contributed by atoms with Crippen molar-refractivity contribution in [2.24, 2.45) is 7.05 Å². The fourth-order valence-corrected chi connectivity index (χ4v) is 3.96. The van der Waals surface area contributed by atoms with E-state index in [4.69, 9.17) is 0 Å². The van der Waals surface area contributed by atoms with Crippen LogP contribution in [-0.2, 0) is 17.1 Å². The Morgan fingerprint density at radius 2 is 2.00 bits per heavy atom. The zero-order valence-corrected chi connectivity index (χ0v) is 13.1. The number of nitrogens with one attached hydrogen (secondary N) is 1. The van der Waals surface area contributed by atoms with E-state index < -0.39 is 10.0 Å². The van der Waals surface area contributed by atoms with E-state index in [-0.39, 0.29) is 9.63 Å². The molecule has 1 aromatic carbocycles. The van der Waals surface area contributed by atoms with Crippen LogP contribution in [0.4, 0.5) is 5.69 Å². The lowest BCUT2D eigenvalue weighted by Crippen LogP contribution is -2.17. The monoisotopic (exact) mass is 344 g/mol. The lowest BCUT2D eigenvalue weighted by Gasteiger charge is -2.11. The molecule has 1 heterocycles. The average molecular weight is 345 g/mol. The van der Waals surface area contributed by atoms with Gasteiger partial charge in [0.1, 0.15) is 0 Å². The molecule has 0 bridgehead atoms. The van der Waals surface area contributed by atoms with Crippen LogP contribution in [0.25, 0.3) is 0 Å². The standard InChI is InChI=1S/C11H13BrN4O2S/c1-7-4-5-9(8(2)6-7)14-19(17,18)11-10(12)13-15-16(11)3/h4-6,14H,1-3H3. The molecule has 1 aromatic heterocycles. The van der Waals surface area contributed by atoms with Crippen molar-refractivity contribution in [3.05, 3.63) is 33.9 Å². The molecule has 19 heavy (non-hydrogen) atoms. The van der Waals surface area contributed by atoms with Crippen molar-refractivity contribution in [3.63, 3.8) is 0 Å². The Balaban J connectivity index is 2.42. The van der Waals surface area contributed by atoms with E-state index in [1.807, 2.05) is 26.0 Å². The van der Waals surface area contributed by atoms with Gasteiger partial charge in [0.15, 0.2) is 4.60 Å². The number of hydrogen-bond acceptors (Lipinski definition) is 4. The van der Waals surface area contributed by atoms with Crippen LogP contribution in [0.3, 0.4) is 0 Å². The van der Waals surface area contributed by atoms with Crippen LogP contribution in [0, 0.1) is 13.8 Å². The highest BCUT2D eigenvalue weighted by Gasteiger charge is 2.24. The van der Waals surface area contributed by atoms with Crippen LogP contribution < -0.4 is 4.72 Å². The van der Waals surface area contributed by atoms with Gasteiger partial charge in [-0.3, -0.25) is 4.72 Å². The van der Waals surface area contributed by atoms with Gasteiger partial charge in [0.05, 0.1) is 5.69 Å². The molecule has 2 rings (SSSR count). The molecule has 0 aliphatic carbocycles. The summed E-state index contributed by atoms with van der Waals surface area (Å²) in [4.78, 5) is 0. The van der Waals surface area contributed by atoms with Gasteiger partial charge in [-0.1, -0.05) is 22.9 Å². The Bertz CT molecular complexity index is 705. The number of aryl methyl sites for hydroxylation is 3.